The molecule has 3 aromatic carbocycles. The smallest absolute Gasteiger partial charge is 0.185 e. The van der Waals surface area contributed by atoms with Gasteiger partial charge in [-0.25, -0.2) is 0 Å². The number of rotatable bonds is 6. The Balaban J connectivity index is 1.33. The highest BCUT2D eigenvalue weighted by Gasteiger charge is 2.45. The lowest BCUT2D eigenvalue weighted by Gasteiger charge is -2.46. The Labute approximate surface area is 224 Å². The van der Waals surface area contributed by atoms with E-state index < -0.39 is 12.1 Å². The maximum Gasteiger partial charge on any atom is 0.185 e. The molecule has 0 aromatic heterocycles. The summed E-state index contributed by atoms with van der Waals surface area (Å²) in [6.45, 7) is 3.91. The maximum absolute atomic E-state index is 9.60. The molecular formula is C31H36N2O5. The number of hydrogen-bond donors (Lipinski definition) is 2. The average molecular weight is 517 g/mol. The van der Waals surface area contributed by atoms with Crippen molar-refractivity contribution < 1.29 is 24.1 Å². The van der Waals surface area contributed by atoms with Crippen LogP contribution >= 0.6 is 0 Å². The first-order valence-electron chi connectivity index (χ1n) is 13.5. The van der Waals surface area contributed by atoms with Crippen molar-refractivity contribution in [1.29, 1.82) is 0 Å². The van der Waals surface area contributed by atoms with Crippen molar-refractivity contribution in [3.63, 3.8) is 0 Å². The van der Waals surface area contributed by atoms with Gasteiger partial charge >= 0.3 is 0 Å². The highest BCUT2D eigenvalue weighted by atomic mass is 16.7. The minimum absolute atomic E-state index is 0.00938. The molecule has 4 unspecified atom stereocenters. The van der Waals surface area contributed by atoms with Crippen molar-refractivity contribution in [2.75, 3.05) is 38.6 Å². The van der Waals surface area contributed by atoms with Crippen LogP contribution in [0.3, 0.4) is 0 Å². The number of benzene rings is 3. The van der Waals surface area contributed by atoms with Gasteiger partial charge in [0.15, 0.2) is 12.1 Å². The summed E-state index contributed by atoms with van der Waals surface area (Å²) >= 11 is 0. The number of likely N-dealkylation sites (tertiary alicyclic amines) is 1. The van der Waals surface area contributed by atoms with Gasteiger partial charge in [0.1, 0.15) is 0 Å². The van der Waals surface area contributed by atoms with Gasteiger partial charge < -0.3 is 34.7 Å². The van der Waals surface area contributed by atoms with Crippen molar-refractivity contribution in [3.05, 3.63) is 101 Å². The molecule has 0 bridgehead atoms. The van der Waals surface area contributed by atoms with Crippen molar-refractivity contribution in [2.24, 2.45) is 0 Å². The zero-order valence-electron chi connectivity index (χ0n) is 21.6. The summed E-state index contributed by atoms with van der Waals surface area (Å²) < 4.78 is 25.5. The van der Waals surface area contributed by atoms with Crippen LogP contribution in [0.4, 0.5) is 5.69 Å². The fourth-order valence-electron chi connectivity index (χ4n) is 5.99. The van der Waals surface area contributed by atoms with Gasteiger partial charge in [0, 0.05) is 49.6 Å². The summed E-state index contributed by atoms with van der Waals surface area (Å²) in [5, 5.41) is 9.60. The van der Waals surface area contributed by atoms with Gasteiger partial charge in [0.2, 0.25) is 0 Å². The summed E-state index contributed by atoms with van der Waals surface area (Å²) in [5.74, 6) is -0.434. The highest BCUT2D eigenvalue weighted by molar-refractivity contribution is 5.41. The molecule has 7 heteroatoms. The number of nitrogens with two attached hydrogens (primary N) is 1. The molecule has 1 spiro atoms. The molecule has 0 saturated carbocycles. The topological polar surface area (TPSA) is 86.4 Å². The number of ether oxygens (including phenoxy) is 4. The quantitative estimate of drug-likeness (QED) is 0.465. The maximum atomic E-state index is 9.60. The number of aliphatic hydroxyl groups is 1. The van der Waals surface area contributed by atoms with E-state index in [4.69, 9.17) is 24.7 Å². The number of nitrogens with zero attached hydrogens (tertiary/aromatic N) is 1. The van der Waals surface area contributed by atoms with Crippen LogP contribution in [0.25, 0.3) is 0 Å². The Morgan fingerprint density at radius 3 is 2.21 bits per heavy atom. The minimum Gasteiger partial charge on any atom is -0.399 e. The van der Waals surface area contributed by atoms with E-state index in [2.05, 4.69) is 41.3 Å². The van der Waals surface area contributed by atoms with Gasteiger partial charge in [0.05, 0.1) is 32.0 Å². The van der Waals surface area contributed by atoms with Crippen LogP contribution in [0.2, 0.25) is 0 Å². The molecule has 3 fully saturated rings. The lowest BCUT2D eigenvalue weighted by molar-refractivity contribution is -0.265. The van der Waals surface area contributed by atoms with Crippen LogP contribution in [0.15, 0.2) is 78.9 Å². The van der Waals surface area contributed by atoms with E-state index in [-0.39, 0.29) is 24.7 Å². The van der Waals surface area contributed by atoms with Crippen LogP contribution in [0, 0.1) is 0 Å². The molecule has 3 aliphatic heterocycles. The second-order valence-electron chi connectivity index (χ2n) is 10.5. The molecule has 3 aliphatic rings. The standard InChI is InChI=1S/C31H36N2O5/c32-26-8-4-7-25(19-26)30-37-27(20-33-15-13-31(14-16-33)35-17-18-36-31)28(23-5-2-1-3-6-23)29(38-30)24-11-9-22(21-34)10-12-24/h1-12,19,27-30,34H,13-18,20-21,32H2. The van der Waals surface area contributed by atoms with E-state index in [1.807, 2.05) is 42.5 Å². The first-order chi connectivity index (χ1) is 18.6. The van der Waals surface area contributed by atoms with Crippen LogP contribution in [-0.4, -0.2) is 54.7 Å². The monoisotopic (exact) mass is 516 g/mol. The van der Waals surface area contributed by atoms with E-state index in [0.717, 1.165) is 49.2 Å². The Hall–Kier alpha value is -2.78. The predicted octanol–water partition coefficient (Wildman–Crippen LogP) is 4.54. The Bertz CT molecular complexity index is 1190. The third-order valence-corrected chi connectivity index (χ3v) is 8.02. The zero-order valence-corrected chi connectivity index (χ0v) is 21.6. The van der Waals surface area contributed by atoms with E-state index in [1.54, 1.807) is 0 Å². The minimum atomic E-state index is -0.552. The van der Waals surface area contributed by atoms with Gasteiger partial charge in [0.25, 0.3) is 0 Å². The first-order valence-corrected chi connectivity index (χ1v) is 13.5. The lowest BCUT2D eigenvalue weighted by Crippen LogP contribution is -2.50. The van der Waals surface area contributed by atoms with Gasteiger partial charge in [-0.3, -0.25) is 0 Å². The zero-order chi connectivity index (χ0) is 26.0. The van der Waals surface area contributed by atoms with E-state index >= 15 is 0 Å². The first kappa shape index (κ1) is 25.5. The van der Waals surface area contributed by atoms with Crippen LogP contribution in [0.5, 0.6) is 0 Å². The summed E-state index contributed by atoms with van der Waals surface area (Å²) in [7, 11) is 0. The van der Waals surface area contributed by atoms with Crippen LogP contribution in [0.1, 0.15) is 53.4 Å². The Morgan fingerprint density at radius 1 is 0.816 bits per heavy atom. The van der Waals surface area contributed by atoms with Crippen molar-refractivity contribution >= 4 is 5.69 Å². The molecule has 6 rings (SSSR count). The summed E-state index contributed by atoms with van der Waals surface area (Å²) in [6.07, 6.45) is 0.796. The molecule has 38 heavy (non-hydrogen) atoms. The fourth-order valence-corrected chi connectivity index (χ4v) is 5.99. The second kappa shape index (κ2) is 11.1. The van der Waals surface area contributed by atoms with Gasteiger partial charge in [-0.15, -0.1) is 0 Å². The summed E-state index contributed by atoms with van der Waals surface area (Å²) in [5.41, 5.74) is 10.8. The highest BCUT2D eigenvalue weighted by Crippen LogP contribution is 2.47. The van der Waals surface area contributed by atoms with Gasteiger partial charge in [-0.1, -0.05) is 66.7 Å². The third kappa shape index (κ3) is 5.36. The van der Waals surface area contributed by atoms with Crippen molar-refractivity contribution in [2.45, 2.75) is 49.7 Å². The molecule has 4 atom stereocenters. The van der Waals surface area contributed by atoms with E-state index in [1.165, 1.54) is 5.56 Å². The average Bonchev–Trinajstić information content (AvgIpc) is 3.42. The molecular weight excluding hydrogens is 480 g/mol. The van der Waals surface area contributed by atoms with Crippen molar-refractivity contribution in [1.82, 2.24) is 4.90 Å². The number of hydrogen-bond acceptors (Lipinski definition) is 7. The van der Waals surface area contributed by atoms with Gasteiger partial charge in [-0.05, 0) is 28.8 Å². The molecule has 7 nitrogen and oxygen atoms in total. The summed E-state index contributed by atoms with van der Waals surface area (Å²) in [4.78, 5) is 2.46. The third-order valence-electron chi connectivity index (χ3n) is 8.02. The molecule has 3 saturated heterocycles. The van der Waals surface area contributed by atoms with E-state index in [0.29, 0.717) is 18.9 Å². The predicted molar refractivity (Wildman–Crippen MR) is 144 cm³/mol. The van der Waals surface area contributed by atoms with E-state index in [9.17, 15) is 5.11 Å². The van der Waals surface area contributed by atoms with Crippen molar-refractivity contribution in [3.8, 4) is 0 Å². The molecule has 3 aromatic rings. The molecule has 3 N–H and O–H groups in total. The second-order valence-corrected chi connectivity index (χ2v) is 10.5. The Morgan fingerprint density at radius 2 is 1.53 bits per heavy atom. The van der Waals surface area contributed by atoms with Crippen LogP contribution < -0.4 is 5.73 Å². The van der Waals surface area contributed by atoms with Crippen LogP contribution in [-0.2, 0) is 25.6 Å². The lowest BCUT2D eigenvalue weighted by atomic mass is 9.83. The molecule has 0 aliphatic carbocycles. The largest absolute Gasteiger partial charge is 0.399 e. The molecule has 0 amide bonds. The number of piperidine rings is 1. The number of aliphatic hydroxyl groups excluding tert-OH is 1. The van der Waals surface area contributed by atoms with Gasteiger partial charge in [-0.2, -0.15) is 0 Å². The normalized spacial score (nSPS) is 27.5. The molecule has 3 heterocycles. The summed E-state index contributed by atoms with van der Waals surface area (Å²) in [6, 6.07) is 26.3. The Kier molecular flexibility index (Phi) is 7.48. The number of anilines is 1. The number of nitrogen functional groups attached to an aromatic ring is 1. The SMILES string of the molecule is Nc1cccc(C2OC(CN3CCC4(CC3)OCCO4)C(c3ccccc3)C(c3ccc(CO)cc3)O2)c1. The molecule has 0 radical (unpaired) electrons. The fraction of sp³-hybridized carbons (Fsp3) is 0.419. The molecule has 200 valence electrons.